The molecule has 1 aliphatic heterocycles. The fourth-order valence-electron chi connectivity index (χ4n) is 2.06. The molecule has 0 spiro atoms. The van der Waals surface area contributed by atoms with E-state index in [2.05, 4.69) is 5.92 Å². The number of unbranched alkanes of at least 4 members (excludes halogenated alkanes) is 2. The lowest BCUT2D eigenvalue weighted by Crippen LogP contribution is -2.28. The van der Waals surface area contributed by atoms with Gasteiger partial charge in [-0.25, -0.2) is 0 Å². The Labute approximate surface area is 113 Å². The van der Waals surface area contributed by atoms with Crippen LogP contribution in [-0.4, -0.2) is 17.4 Å². The second-order valence-corrected chi connectivity index (χ2v) is 4.41. The monoisotopic (exact) mass is 255 g/mol. The first-order chi connectivity index (χ1) is 9.31. The van der Waals surface area contributed by atoms with Crippen molar-refractivity contribution < 1.29 is 14.4 Å². The van der Waals surface area contributed by atoms with Gasteiger partial charge in [0.1, 0.15) is 12.2 Å². The van der Waals surface area contributed by atoms with Gasteiger partial charge in [0.15, 0.2) is 12.2 Å². The highest BCUT2D eigenvalue weighted by Crippen LogP contribution is 2.21. The van der Waals surface area contributed by atoms with E-state index in [1.165, 1.54) is 6.20 Å². The van der Waals surface area contributed by atoms with E-state index in [0.717, 1.165) is 24.8 Å². The van der Waals surface area contributed by atoms with Gasteiger partial charge in [0.2, 0.25) is 0 Å². The highest BCUT2D eigenvalue weighted by molar-refractivity contribution is 5.51. The van der Waals surface area contributed by atoms with Crippen molar-refractivity contribution in [1.29, 1.82) is 0 Å². The van der Waals surface area contributed by atoms with Crippen LogP contribution in [0.3, 0.4) is 0 Å². The zero-order valence-electron chi connectivity index (χ0n) is 10.8. The summed E-state index contributed by atoms with van der Waals surface area (Å²) in [5, 5.41) is 11.4. The zero-order valence-corrected chi connectivity index (χ0v) is 10.8. The van der Waals surface area contributed by atoms with Gasteiger partial charge in [-0.1, -0.05) is 30.3 Å². The lowest BCUT2D eigenvalue weighted by Gasteiger charge is -2.25. The van der Waals surface area contributed by atoms with Crippen LogP contribution >= 0.6 is 0 Å². The smallest absolute Gasteiger partial charge is 0.192 e. The minimum atomic E-state index is -0.291. The van der Waals surface area contributed by atoms with Crippen LogP contribution in [0.2, 0.25) is 0 Å². The van der Waals surface area contributed by atoms with E-state index in [1.807, 2.05) is 41.1 Å². The summed E-state index contributed by atoms with van der Waals surface area (Å²) in [6, 6.07) is 10.1. The van der Waals surface area contributed by atoms with Gasteiger partial charge in [0.05, 0.1) is 6.61 Å². The van der Waals surface area contributed by atoms with Gasteiger partial charge in [-0.15, -0.1) is 12.3 Å². The van der Waals surface area contributed by atoms with E-state index in [-0.39, 0.29) is 12.0 Å². The summed E-state index contributed by atoms with van der Waals surface area (Å²) in [4.78, 5) is 0. The molecule has 0 saturated carbocycles. The normalized spacial score (nSPS) is 20.5. The first-order valence-corrected chi connectivity index (χ1v) is 6.42. The fourth-order valence-corrected chi connectivity index (χ4v) is 2.06. The van der Waals surface area contributed by atoms with E-state index < -0.39 is 0 Å². The van der Waals surface area contributed by atoms with Crippen molar-refractivity contribution in [3.63, 3.8) is 0 Å². The molecule has 0 unspecified atom stereocenters. The number of nitrogens with zero attached hydrogens (tertiary/aromatic N) is 1. The number of hydrogen-bond acceptors (Lipinski definition) is 2. The third-order valence-electron chi connectivity index (χ3n) is 3.05. The van der Waals surface area contributed by atoms with Gasteiger partial charge < -0.3 is 9.84 Å². The number of ether oxygens (including phenoxy) is 1. The highest BCUT2D eigenvalue weighted by Gasteiger charge is 2.23. The van der Waals surface area contributed by atoms with Gasteiger partial charge >= 0.3 is 0 Å². The Hall–Kier alpha value is -2.21. The molecule has 1 aromatic carbocycles. The Bertz CT molecular complexity index is 511. The predicted molar refractivity (Wildman–Crippen MR) is 72.2 cm³/mol. The Morgan fingerprint density at radius 1 is 1.42 bits per heavy atom. The summed E-state index contributed by atoms with van der Waals surface area (Å²) in [5.74, 6) is 2.33. The van der Waals surface area contributed by atoms with Crippen LogP contribution in [0.25, 0.3) is 0 Å². The molecule has 0 bridgehead atoms. The maximum absolute atomic E-state index is 11.4. The lowest BCUT2D eigenvalue weighted by molar-refractivity contribution is -0.540. The molecule has 0 N–H and O–H groups in total. The number of hydrogen-bond donors (Lipinski definition) is 0. The molecule has 1 atom stereocenters. The summed E-state index contributed by atoms with van der Waals surface area (Å²) in [5.41, 5.74) is 1.14. The topological polar surface area (TPSA) is 35.3 Å². The van der Waals surface area contributed by atoms with Crippen molar-refractivity contribution in [2.45, 2.75) is 25.3 Å². The molecule has 1 aromatic rings. The fraction of sp³-hybridized carbons (Fsp3) is 0.312. The van der Waals surface area contributed by atoms with Crippen LogP contribution in [0.5, 0.6) is 0 Å². The maximum Gasteiger partial charge on any atom is 0.192 e. The van der Waals surface area contributed by atoms with Crippen LogP contribution in [0.15, 0.2) is 42.5 Å². The molecular formula is C16H17NO2. The first-order valence-electron chi connectivity index (χ1n) is 6.42. The molecule has 3 heteroatoms. The van der Waals surface area contributed by atoms with Gasteiger partial charge in [-0.05, 0) is 6.42 Å². The quantitative estimate of drug-likeness (QED) is 0.467. The van der Waals surface area contributed by atoms with Gasteiger partial charge in [-0.3, -0.25) is 0 Å². The Kier molecular flexibility index (Phi) is 4.63. The summed E-state index contributed by atoms with van der Waals surface area (Å²) >= 11 is 0. The minimum Gasteiger partial charge on any atom is -0.602 e. The molecule has 1 heterocycles. The maximum atomic E-state index is 11.4. The van der Waals surface area contributed by atoms with Crippen LogP contribution in [0.4, 0.5) is 0 Å². The van der Waals surface area contributed by atoms with Crippen LogP contribution in [0.1, 0.15) is 30.9 Å². The highest BCUT2D eigenvalue weighted by atomic mass is 16.6. The predicted octanol–water partition coefficient (Wildman–Crippen LogP) is 1.80. The van der Waals surface area contributed by atoms with E-state index in [1.54, 1.807) is 0 Å². The van der Waals surface area contributed by atoms with Crippen molar-refractivity contribution in [2.24, 2.45) is 0 Å². The molecule has 2 rings (SSSR count). The van der Waals surface area contributed by atoms with Crippen molar-refractivity contribution in [3.05, 3.63) is 48.0 Å². The number of benzene rings is 1. The second kappa shape index (κ2) is 6.65. The Morgan fingerprint density at radius 3 is 2.95 bits per heavy atom. The molecule has 0 saturated heterocycles. The molecule has 0 aromatic heterocycles. The van der Waals surface area contributed by atoms with E-state index in [4.69, 9.17) is 11.2 Å². The van der Waals surface area contributed by atoms with Crippen molar-refractivity contribution in [1.82, 2.24) is 0 Å². The van der Waals surface area contributed by atoms with Crippen LogP contribution < -0.4 is 5.11 Å². The van der Waals surface area contributed by atoms with Gasteiger partial charge in [-0.2, -0.15) is 4.58 Å². The van der Waals surface area contributed by atoms with Crippen LogP contribution in [0, 0.1) is 12.3 Å². The molecule has 3 nitrogen and oxygen atoms in total. The zero-order chi connectivity index (χ0) is 13.5. The summed E-state index contributed by atoms with van der Waals surface area (Å²) in [6.45, 7) is 0.380. The second-order valence-electron chi connectivity index (χ2n) is 4.41. The molecule has 0 amide bonds. The molecule has 98 valence electrons. The summed E-state index contributed by atoms with van der Waals surface area (Å²) < 4.78 is 7.06. The number of terminal acetylenes is 1. The third-order valence-corrected chi connectivity index (χ3v) is 3.05. The Balaban J connectivity index is 2.15. The Morgan fingerprint density at radius 2 is 2.21 bits per heavy atom. The van der Waals surface area contributed by atoms with Crippen molar-refractivity contribution >= 4 is 6.21 Å². The standard InChI is InChI=1S/C16H17NO2/c1-2-3-4-8-11-17-12-16(18)19-13-15(17)14-9-6-5-7-10-14/h1,5-7,9-12,15H,3-4,8,13H2/t15-/m1/s1. The summed E-state index contributed by atoms with van der Waals surface area (Å²) in [7, 11) is 0. The van der Waals surface area contributed by atoms with E-state index in [9.17, 15) is 5.11 Å². The summed E-state index contributed by atoms with van der Waals surface area (Å²) in [6.07, 6.45) is 11.3. The van der Waals surface area contributed by atoms with Crippen LogP contribution in [-0.2, 0) is 4.74 Å². The molecule has 0 radical (unpaired) electrons. The van der Waals surface area contributed by atoms with Gasteiger partial charge in [0, 0.05) is 18.4 Å². The van der Waals surface area contributed by atoms with E-state index in [0.29, 0.717) is 6.61 Å². The average molecular weight is 255 g/mol. The van der Waals surface area contributed by atoms with Crippen molar-refractivity contribution in [2.75, 3.05) is 6.61 Å². The van der Waals surface area contributed by atoms with Crippen molar-refractivity contribution in [3.8, 4) is 12.3 Å². The molecule has 1 aliphatic rings. The SMILES string of the molecule is C#CCCCC=[N+]1C=C([O-])OC[C@@H]1c1ccccc1. The van der Waals surface area contributed by atoms with E-state index >= 15 is 0 Å². The first kappa shape index (κ1) is 13.2. The minimum absolute atomic E-state index is 0.0599. The molecule has 0 fully saturated rings. The molecular weight excluding hydrogens is 238 g/mol. The average Bonchev–Trinajstić information content (AvgIpc) is 2.45. The van der Waals surface area contributed by atoms with Gasteiger partial charge in [0.25, 0.3) is 0 Å². The molecule has 0 aliphatic carbocycles. The lowest BCUT2D eigenvalue weighted by atomic mass is 10.1. The third kappa shape index (κ3) is 3.62. The largest absolute Gasteiger partial charge is 0.602 e. The number of rotatable bonds is 4. The molecule has 19 heavy (non-hydrogen) atoms.